The number of benzene rings is 2. The molecule has 0 saturated heterocycles. The Hall–Kier alpha value is -2.15. The van der Waals surface area contributed by atoms with E-state index in [0.717, 1.165) is 24.8 Å². The van der Waals surface area contributed by atoms with E-state index in [1.165, 1.54) is 85.5 Å². The zero-order chi connectivity index (χ0) is 20.3. The van der Waals surface area contributed by atoms with Crippen molar-refractivity contribution in [2.45, 2.75) is 70.1 Å². The third-order valence-corrected chi connectivity index (χ3v) is 7.83. The summed E-state index contributed by atoms with van der Waals surface area (Å²) < 4.78 is 2.68. The molecule has 2 aliphatic carbocycles. The smallest absolute Gasteiger partial charge is 0.195 e. The van der Waals surface area contributed by atoms with Crippen molar-refractivity contribution < 1.29 is 4.58 Å². The van der Waals surface area contributed by atoms with Gasteiger partial charge in [0.25, 0.3) is 0 Å². The molecule has 1 aliphatic heterocycles. The molecule has 1 unspecified atom stereocenters. The number of nitrogens with zero attached hydrogens (tertiary/aromatic N) is 1. The molecule has 30 heavy (non-hydrogen) atoms. The van der Waals surface area contributed by atoms with Crippen LogP contribution in [0.4, 0.5) is 5.69 Å². The fraction of sp³-hybridized carbons (Fsp3) is 0.483. The number of allylic oxidation sites excluding steroid dienone is 3. The molecule has 0 radical (unpaired) electrons. The van der Waals surface area contributed by atoms with E-state index in [2.05, 4.69) is 65.8 Å². The Kier molecular flexibility index (Phi) is 5.88. The van der Waals surface area contributed by atoms with Crippen LogP contribution >= 0.6 is 0 Å². The minimum absolute atomic E-state index is 0.435. The van der Waals surface area contributed by atoms with Crippen LogP contribution in [0.2, 0.25) is 0 Å². The molecule has 0 bridgehead atoms. The first kappa shape index (κ1) is 19.8. The largest absolute Gasteiger partial charge is 0.210 e. The molecule has 3 aliphatic rings. The molecule has 2 aromatic rings. The maximum absolute atomic E-state index is 4.13. The Morgan fingerprint density at radius 2 is 1.70 bits per heavy atom. The molecule has 2 fully saturated rings. The highest BCUT2D eigenvalue weighted by Gasteiger charge is 2.38. The van der Waals surface area contributed by atoms with Crippen LogP contribution in [0, 0.1) is 11.8 Å². The zero-order valence-corrected chi connectivity index (χ0v) is 18.4. The Bertz CT molecular complexity index is 967. The summed E-state index contributed by atoms with van der Waals surface area (Å²) in [6.45, 7) is 5.29. The summed E-state index contributed by atoms with van der Waals surface area (Å²) >= 11 is 0. The number of hydrogen-bond acceptors (Lipinski definition) is 0. The quantitative estimate of drug-likeness (QED) is 0.329. The maximum Gasteiger partial charge on any atom is 0.210 e. The SMILES string of the molecule is C=CCC1C(C=CC2CCCC2)=[N+](CCC2CCCC2)c2ccc3ccccc3c21. The van der Waals surface area contributed by atoms with Gasteiger partial charge in [0.2, 0.25) is 5.69 Å². The van der Waals surface area contributed by atoms with Crippen molar-refractivity contribution >= 4 is 22.2 Å². The number of rotatable bonds is 7. The molecule has 156 valence electrons. The average molecular weight is 399 g/mol. The summed E-state index contributed by atoms with van der Waals surface area (Å²) in [6, 6.07) is 13.7. The second kappa shape index (κ2) is 8.92. The zero-order valence-electron chi connectivity index (χ0n) is 18.4. The summed E-state index contributed by atoms with van der Waals surface area (Å²) in [5, 5.41) is 2.79. The number of fused-ring (bicyclic) bond motifs is 3. The van der Waals surface area contributed by atoms with E-state index in [-0.39, 0.29) is 0 Å². The molecule has 0 spiro atoms. The third kappa shape index (κ3) is 3.80. The molecule has 2 saturated carbocycles. The van der Waals surface area contributed by atoms with Gasteiger partial charge in [-0.05, 0) is 47.9 Å². The van der Waals surface area contributed by atoms with Crippen molar-refractivity contribution in [2.75, 3.05) is 6.54 Å². The highest BCUT2D eigenvalue weighted by molar-refractivity contribution is 6.05. The molecular weight excluding hydrogens is 362 g/mol. The van der Waals surface area contributed by atoms with E-state index >= 15 is 0 Å². The fourth-order valence-electron chi connectivity index (χ4n) is 6.22. The van der Waals surface area contributed by atoms with Crippen molar-refractivity contribution in [2.24, 2.45) is 11.8 Å². The van der Waals surface area contributed by atoms with Crippen molar-refractivity contribution in [3.8, 4) is 0 Å². The molecule has 1 atom stereocenters. The van der Waals surface area contributed by atoms with E-state index in [0.29, 0.717) is 5.92 Å². The van der Waals surface area contributed by atoms with Crippen LogP contribution in [0.5, 0.6) is 0 Å². The van der Waals surface area contributed by atoms with Gasteiger partial charge in [-0.25, -0.2) is 0 Å². The van der Waals surface area contributed by atoms with Gasteiger partial charge < -0.3 is 0 Å². The van der Waals surface area contributed by atoms with Gasteiger partial charge in [0.1, 0.15) is 6.54 Å². The lowest BCUT2D eigenvalue weighted by atomic mass is 9.88. The van der Waals surface area contributed by atoms with Gasteiger partial charge in [-0.3, -0.25) is 0 Å². The molecule has 2 aromatic carbocycles. The molecule has 1 heteroatoms. The van der Waals surface area contributed by atoms with Gasteiger partial charge in [0, 0.05) is 24.1 Å². The van der Waals surface area contributed by atoms with E-state index in [1.54, 1.807) is 0 Å². The topological polar surface area (TPSA) is 3.01 Å². The first-order valence-corrected chi connectivity index (χ1v) is 12.3. The Balaban J connectivity index is 1.56. The summed E-state index contributed by atoms with van der Waals surface area (Å²) in [4.78, 5) is 0. The predicted octanol–water partition coefficient (Wildman–Crippen LogP) is 7.92. The van der Waals surface area contributed by atoms with Gasteiger partial charge in [0.15, 0.2) is 5.71 Å². The van der Waals surface area contributed by atoms with E-state index in [9.17, 15) is 0 Å². The van der Waals surface area contributed by atoms with Crippen LogP contribution in [0.25, 0.3) is 10.8 Å². The Labute approximate surface area is 182 Å². The third-order valence-electron chi connectivity index (χ3n) is 7.83. The van der Waals surface area contributed by atoms with Gasteiger partial charge in [0.05, 0.1) is 5.92 Å². The first-order valence-electron chi connectivity index (χ1n) is 12.3. The lowest BCUT2D eigenvalue weighted by Gasteiger charge is -2.09. The monoisotopic (exact) mass is 398 g/mol. The lowest BCUT2D eigenvalue weighted by Crippen LogP contribution is -2.17. The Morgan fingerprint density at radius 3 is 2.50 bits per heavy atom. The molecule has 1 heterocycles. The van der Waals surface area contributed by atoms with Gasteiger partial charge in [-0.1, -0.05) is 74.9 Å². The first-order chi connectivity index (χ1) is 14.8. The lowest BCUT2D eigenvalue weighted by molar-refractivity contribution is -0.439. The average Bonchev–Trinajstić information content (AvgIpc) is 3.52. The minimum Gasteiger partial charge on any atom is -0.195 e. The van der Waals surface area contributed by atoms with Gasteiger partial charge in [-0.2, -0.15) is 4.58 Å². The highest BCUT2D eigenvalue weighted by Crippen LogP contribution is 2.43. The second-order valence-corrected chi connectivity index (χ2v) is 9.72. The molecular formula is C29H36N+. The van der Waals surface area contributed by atoms with Crippen molar-refractivity contribution in [1.29, 1.82) is 0 Å². The standard InChI is InChI=1S/C29H36N/c1-2-9-26-27(18-16-22-10-3-4-11-22)30(21-20-23-12-5-6-13-23)28-19-17-24-14-7-8-15-25(24)29(26)28/h2,7-8,14-19,22-23,26H,1,3-6,9-13,20-21H2/q+1. The van der Waals surface area contributed by atoms with E-state index in [4.69, 9.17) is 0 Å². The minimum atomic E-state index is 0.435. The normalized spacial score (nSPS) is 22.6. The van der Waals surface area contributed by atoms with Crippen molar-refractivity contribution in [1.82, 2.24) is 0 Å². The fourth-order valence-corrected chi connectivity index (χ4v) is 6.22. The predicted molar refractivity (Wildman–Crippen MR) is 129 cm³/mol. The van der Waals surface area contributed by atoms with Crippen LogP contribution in [0.1, 0.15) is 75.7 Å². The van der Waals surface area contributed by atoms with Gasteiger partial charge in [-0.15, -0.1) is 6.58 Å². The van der Waals surface area contributed by atoms with Crippen LogP contribution in [0.15, 0.2) is 61.2 Å². The van der Waals surface area contributed by atoms with Crippen molar-refractivity contribution in [3.63, 3.8) is 0 Å². The van der Waals surface area contributed by atoms with Gasteiger partial charge >= 0.3 is 0 Å². The molecule has 5 rings (SSSR count). The summed E-state index contributed by atoms with van der Waals surface area (Å²) in [6.07, 6.45) is 20.8. The molecule has 0 aromatic heterocycles. The molecule has 1 nitrogen and oxygen atoms in total. The van der Waals surface area contributed by atoms with E-state index in [1.807, 2.05) is 0 Å². The van der Waals surface area contributed by atoms with Crippen LogP contribution in [-0.2, 0) is 0 Å². The van der Waals surface area contributed by atoms with Crippen LogP contribution in [0.3, 0.4) is 0 Å². The van der Waals surface area contributed by atoms with Crippen molar-refractivity contribution in [3.05, 3.63) is 66.8 Å². The summed E-state index contributed by atoms with van der Waals surface area (Å²) in [7, 11) is 0. The maximum atomic E-state index is 4.13. The highest BCUT2D eigenvalue weighted by atomic mass is 15.0. The molecule has 0 N–H and O–H groups in total. The summed E-state index contributed by atoms with van der Waals surface area (Å²) in [5.41, 5.74) is 4.50. The van der Waals surface area contributed by atoms with Crippen LogP contribution in [-0.4, -0.2) is 16.8 Å². The second-order valence-electron chi connectivity index (χ2n) is 9.72. The number of hydrogen-bond donors (Lipinski definition) is 0. The summed E-state index contributed by atoms with van der Waals surface area (Å²) in [5.74, 6) is 2.14. The van der Waals surface area contributed by atoms with E-state index < -0.39 is 0 Å². The Morgan fingerprint density at radius 1 is 0.933 bits per heavy atom. The molecule has 0 amide bonds. The van der Waals surface area contributed by atoms with Crippen LogP contribution < -0.4 is 0 Å².